The zero-order chi connectivity index (χ0) is 17.1. The standard InChI is InChI=1S/C23H29N/c1-16-11-12-21-20(13-16)17(2)14-18-15-22(3,4)24(23(18,21)5)19-9-7-6-8-10-19/h6-9,11-14,17,19H,10,15H2,1-5H3. The molecule has 1 nitrogen and oxygen atoms in total. The molecule has 0 spiro atoms. The van der Waals surface area contributed by atoms with Crippen molar-refractivity contribution in [1.82, 2.24) is 4.90 Å². The van der Waals surface area contributed by atoms with Crippen molar-refractivity contribution in [2.24, 2.45) is 0 Å². The Hall–Kier alpha value is -1.60. The third-order valence-corrected chi connectivity index (χ3v) is 6.35. The smallest absolute Gasteiger partial charge is 0.0659 e. The molecular weight excluding hydrogens is 290 g/mol. The summed E-state index contributed by atoms with van der Waals surface area (Å²) >= 11 is 0. The highest BCUT2D eigenvalue weighted by Crippen LogP contribution is 2.56. The van der Waals surface area contributed by atoms with Crippen molar-refractivity contribution in [3.63, 3.8) is 0 Å². The molecule has 2 aliphatic carbocycles. The fourth-order valence-corrected chi connectivity index (χ4v) is 5.44. The first kappa shape index (κ1) is 15.9. The lowest BCUT2D eigenvalue weighted by molar-refractivity contribution is 0.0441. The molecular formula is C23H29N. The van der Waals surface area contributed by atoms with Crippen LogP contribution in [0.25, 0.3) is 0 Å². The molecule has 1 saturated heterocycles. The Balaban J connectivity index is 1.91. The van der Waals surface area contributed by atoms with Gasteiger partial charge in [-0.25, -0.2) is 0 Å². The number of allylic oxidation sites excluding steroid dienone is 3. The van der Waals surface area contributed by atoms with Gasteiger partial charge in [0.1, 0.15) is 0 Å². The van der Waals surface area contributed by atoms with Crippen molar-refractivity contribution in [2.75, 3.05) is 0 Å². The molecule has 0 amide bonds. The maximum Gasteiger partial charge on any atom is 0.0659 e. The number of likely N-dealkylation sites (tertiary alicyclic amines) is 1. The summed E-state index contributed by atoms with van der Waals surface area (Å²) in [5.74, 6) is 0.514. The molecule has 3 atom stereocenters. The number of benzene rings is 1. The highest BCUT2D eigenvalue weighted by atomic mass is 15.3. The highest BCUT2D eigenvalue weighted by Gasteiger charge is 2.55. The molecule has 1 fully saturated rings. The Morgan fingerprint density at radius 1 is 1.12 bits per heavy atom. The van der Waals surface area contributed by atoms with E-state index in [9.17, 15) is 0 Å². The molecule has 1 heterocycles. The fourth-order valence-electron chi connectivity index (χ4n) is 5.44. The first-order valence-corrected chi connectivity index (χ1v) is 9.29. The summed E-state index contributed by atoms with van der Waals surface area (Å²) in [6, 6.07) is 7.56. The maximum absolute atomic E-state index is 2.78. The Kier molecular flexibility index (Phi) is 3.44. The van der Waals surface area contributed by atoms with Gasteiger partial charge in [-0.05, 0) is 63.2 Å². The highest BCUT2D eigenvalue weighted by molar-refractivity contribution is 5.52. The van der Waals surface area contributed by atoms with Crippen molar-refractivity contribution >= 4 is 0 Å². The summed E-state index contributed by atoms with van der Waals surface area (Å²) < 4.78 is 0. The molecule has 0 bridgehead atoms. The summed E-state index contributed by atoms with van der Waals surface area (Å²) in [4.78, 5) is 2.78. The number of fused-ring (bicyclic) bond motifs is 3. The van der Waals surface area contributed by atoms with Gasteiger partial charge >= 0.3 is 0 Å². The minimum Gasteiger partial charge on any atom is -0.278 e. The second-order valence-corrected chi connectivity index (χ2v) is 8.62. The van der Waals surface area contributed by atoms with E-state index in [1.165, 1.54) is 16.7 Å². The first-order chi connectivity index (χ1) is 11.3. The van der Waals surface area contributed by atoms with Gasteiger partial charge in [0, 0.05) is 11.6 Å². The van der Waals surface area contributed by atoms with Crippen LogP contribution in [0.2, 0.25) is 0 Å². The van der Waals surface area contributed by atoms with E-state index in [1.807, 2.05) is 0 Å². The minimum absolute atomic E-state index is 0.0131. The van der Waals surface area contributed by atoms with E-state index >= 15 is 0 Å². The molecule has 4 rings (SSSR count). The van der Waals surface area contributed by atoms with Crippen LogP contribution in [0.5, 0.6) is 0 Å². The average molecular weight is 319 g/mol. The van der Waals surface area contributed by atoms with Gasteiger partial charge in [0.15, 0.2) is 0 Å². The summed E-state index contributed by atoms with van der Waals surface area (Å²) in [6.45, 7) is 11.9. The molecule has 0 radical (unpaired) electrons. The first-order valence-electron chi connectivity index (χ1n) is 9.29. The normalized spacial score (nSPS) is 34.0. The minimum atomic E-state index is 0.0131. The Morgan fingerprint density at radius 3 is 2.62 bits per heavy atom. The number of hydrogen-bond donors (Lipinski definition) is 0. The van der Waals surface area contributed by atoms with E-state index in [2.05, 4.69) is 88.1 Å². The van der Waals surface area contributed by atoms with Crippen LogP contribution in [-0.2, 0) is 5.54 Å². The quantitative estimate of drug-likeness (QED) is 0.607. The zero-order valence-corrected chi connectivity index (χ0v) is 15.6. The molecule has 0 saturated carbocycles. The molecule has 0 aromatic heterocycles. The van der Waals surface area contributed by atoms with Crippen LogP contribution < -0.4 is 0 Å². The zero-order valence-electron chi connectivity index (χ0n) is 15.6. The topological polar surface area (TPSA) is 3.24 Å². The van der Waals surface area contributed by atoms with Gasteiger partial charge in [0.05, 0.1) is 5.54 Å². The average Bonchev–Trinajstić information content (AvgIpc) is 2.74. The number of nitrogens with zero attached hydrogens (tertiary/aromatic N) is 1. The Morgan fingerprint density at radius 2 is 1.92 bits per heavy atom. The van der Waals surface area contributed by atoms with Crippen LogP contribution >= 0.6 is 0 Å². The van der Waals surface area contributed by atoms with Crippen molar-refractivity contribution in [3.05, 3.63) is 70.8 Å². The van der Waals surface area contributed by atoms with E-state index in [0.29, 0.717) is 12.0 Å². The van der Waals surface area contributed by atoms with Crippen molar-refractivity contribution in [2.45, 2.75) is 70.5 Å². The molecule has 1 heteroatoms. The lowest BCUT2D eigenvalue weighted by Crippen LogP contribution is -2.54. The lowest BCUT2D eigenvalue weighted by atomic mass is 9.73. The second-order valence-electron chi connectivity index (χ2n) is 8.62. The molecule has 3 unspecified atom stereocenters. The molecule has 3 aliphatic rings. The second kappa shape index (κ2) is 5.20. The van der Waals surface area contributed by atoms with Crippen LogP contribution in [0.3, 0.4) is 0 Å². The summed E-state index contributed by atoms with van der Waals surface area (Å²) in [7, 11) is 0. The van der Waals surface area contributed by atoms with Gasteiger partial charge in [-0.2, -0.15) is 0 Å². The molecule has 1 aromatic carbocycles. The van der Waals surface area contributed by atoms with Crippen LogP contribution in [0.4, 0.5) is 0 Å². The molecule has 1 aromatic rings. The third kappa shape index (κ3) is 2.10. The Labute approximate surface area is 146 Å². The largest absolute Gasteiger partial charge is 0.278 e. The van der Waals surface area contributed by atoms with Gasteiger partial charge in [-0.15, -0.1) is 0 Å². The molecule has 0 N–H and O–H groups in total. The maximum atomic E-state index is 2.78. The summed E-state index contributed by atoms with van der Waals surface area (Å²) in [5.41, 5.74) is 6.20. The summed E-state index contributed by atoms with van der Waals surface area (Å²) in [5, 5.41) is 0. The monoisotopic (exact) mass is 319 g/mol. The van der Waals surface area contributed by atoms with Crippen LogP contribution in [-0.4, -0.2) is 16.5 Å². The van der Waals surface area contributed by atoms with E-state index in [0.717, 1.165) is 12.8 Å². The number of rotatable bonds is 1. The number of aryl methyl sites for hydroxylation is 1. The van der Waals surface area contributed by atoms with Crippen LogP contribution in [0.15, 0.2) is 54.2 Å². The predicted molar refractivity (Wildman–Crippen MR) is 102 cm³/mol. The van der Waals surface area contributed by atoms with E-state index in [-0.39, 0.29) is 11.1 Å². The van der Waals surface area contributed by atoms with Crippen LogP contribution in [0, 0.1) is 6.92 Å². The van der Waals surface area contributed by atoms with Gasteiger partial charge < -0.3 is 0 Å². The van der Waals surface area contributed by atoms with Gasteiger partial charge in [-0.1, -0.05) is 61.1 Å². The molecule has 24 heavy (non-hydrogen) atoms. The van der Waals surface area contributed by atoms with Crippen molar-refractivity contribution in [1.29, 1.82) is 0 Å². The van der Waals surface area contributed by atoms with Crippen molar-refractivity contribution in [3.8, 4) is 0 Å². The fraction of sp³-hybridized carbons (Fsp3) is 0.478. The van der Waals surface area contributed by atoms with Gasteiger partial charge in [0.25, 0.3) is 0 Å². The Bertz CT molecular complexity index is 764. The third-order valence-electron chi connectivity index (χ3n) is 6.35. The number of hydrogen-bond acceptors (Lipinski definition) is 1. The summed E-state index contributed by atoms with van der Waals surface area (Å²) in [6.07, 6.45) is 13.9. The van der Waals surface area contributed by atoms with E-state index < -0.39 is 0 Å². The lowest BCUT2D eigenvalue weighted by Gasteiger charge is -2.49. The van der Waals surface area contributed by atoms with Crippen LogP contribution in [0.1, 0.15) is 63.1 Å². The molecule has 126 valence electrons. The van der Waals surface area contributed by atoms with E-state index in [1.54, 1.807) is 5.57 Å². The van der Waals surface area contributed by atoms with E-state index in [4.69, 9.17) is 0 Å². The van der Waals surface area contributed by atoms with Gasteiger partial charge in [-0.3, -0.25) is 4.90 Å². The van der Waals surface area contributed by atoms with Gasteiger partial charge in [0.2, 0.25) is 0 Å². The molecule has 1 aliphatic heterocycles. The predicted octanol–water partition coefficient (Wildman–Crippen LogP) is 5.62. The van der Waals surface area contributed by atoms with Crippen molar-refractivity contribution < 1.29 is 0 Å². The SMILES string of the molecule is Cc1ccc2c(c1)C(C)C=C1CC(C)(C)N(C3C=CC=CC3)C12C.